The molecule has 152 valence electrons. The quantitative estimate of drug-likeness (QED) is 0.344. The van der Waals surface area contributed by atoms with E-state index in [9.17, 15) is 14.0 Å². The SMILES string of the molecule is CCc1cc2c(=O)n(-c3ccccc3)c(SCC(=O)Nc3ccc(F)cc3)nc2s1. The number of thiophene rings is 1. The van der Waals surface area contributed by atoms with Crippen LogP contribution in [0.2, 0.25) is 0 Å². The summed E-state index contributed by atoms with van der Waals surface area (Å²) in [5.74, 6) is -0.566. The fraction of sp³-hybridized carbons (Fsp3) is 0.136. The van der Waals surface area contributed by atoms with Crippen LogP contribution in [-0.2, 0) is 11.2 Å². The highest BCUT2D eigenvalue weighted by molar-refractivity contribution is 7.99. The van der Waals surface area contributed by atoms with Crippen molar-refractivity contribution in [2.24, 2.45) is 0 Å². The average molecular weight is 440 g/mol. The number of amides is 1. The van der Waals surface area contributed by atoms with Crippen LogP contribution < -0.4 is 10.9 Å². The predicted molar refractivity (Wildman–Crippen MR) is 120 cm³/mol. The van der Waals surface area contributed by atoms with Gasteiger partial charge in [-0.15, -0.1) is 11.3 Å². The van der Waals surface area contributed by atoms with Crippen molar-refractivity contribution in [1.29, 1.82) is 0 Å². The van der Waals surface area contributed by atoms with Gasteiger partial charge in [-0.1, -0.05) is 36.9 Å². The standard InChI is InChI=1S/C22H18FN3O2S2/c1-2-17-12-18-20(30-17)25-22(26(21(18)28)16-6-4-3-5-7-16)29-13-19(27)24-15-10-8-14(23)9-11-15/h3-12H,2,13H2,1H3,(H,24,27). The first-order valence-electron chi connectivity index (χ1n) is 9.34. The lowest BCUT2D eigenvalue weighted by molar-refractivity contribution is -0.113. The average Bonchev–Trinajstić information content (AvgIpc) is 3.18. The number of aryl methyl sites for hydroxylation is 1. The second-order valence-electron chi connectivity index (χ2n) is 6.50. The minimum atomic E-state index is -0.367. The molecule has 1 N–H and O–H groups in total. The van der Waals surface area contributed by atoms with Crippen LogP contribution in [0.5, 0.6) is 0 Å². The first-order valence-corrected chi connectivity index (χ1v) is 11.1. The summed E-state index contributed by atoms with van der Waals surface area (Å²) in [6.45, 7) is 2.04. The molecule has 4 rings (SSSR count). The van der Waals surface area contributed by atoms with Gasteiger partial charge in [0, 0.05) is 10.6 Å². The van der Waals surface area contributed by atoms with Crippen LogP contribution in [0.25, 0.3) is 15.9 Å². The van der Waals surface area contributed by atoms with E-state index in [2.05, 4.69) is 10.3 Å². The molecular formula is C22H18FN3O2S2. The van der Waals surface area contributed by atoms with E-state index < -0.39 is 0 Å². The smallest absolute Gasteiger partial charge is 0.267 e. The lowest BCUT2D eigenvalue weighted by Crippen LogP contribution is -2.22. The zero-order chi connectivity index (χ0) is 21.1. The Bertz CT molecular complexity index is 1250. The van der Waals surface area contributed by atoms with E-state index in [-0.39, 0.29) is 23.0 Å². The number of nitrogens with zero attached hydrogens (tertiary/aromatic N) is 2. The van der Waals surface area contributed by atoms with Gasteiger partial charge >= 0.3 is 0 Å². The van der Waals surface area contributed by atoms with Gasteiger partial charge in [0.25, 0.3) is 5.56 Å². The summed E-state index contributed by atoms with van der Waals surface area (Å²) in [5, 5.41) is 3.76. The van der Waals surface area contributed by atoms with Crippen LogP contribution in [0.3, 0.4) is 0 Å². The highest BCUT2D eigenvalue weighted by Crippen LogP contribution is 2.27. The zero-order valence-electron chi connectivity index (χ0n) is 16.1. The molecule has 0 aliphatic carbocycles. The third kappa shape index (κ3) is 4.29. The molecule has 4 aromatic rings. The molecule has 0 spiro atoms. The molecule has 0 unspecified atom stereocenters. The van der Waals surface area contributed by atoms with Crippen molar-refractivity contribution in [2.75, 3.05) is 11.1 Å². The lowest BCUT2D eigenvalue weighted by atomic mass is 10.3. The molecule has 0 saturated heterocycles. The van der Waals surface area contributed by atoms with Crippen LogP contribution in [0.15, 0.2) is 70.6 Å². The Morgan fingerprint density at radius 1 is 1.17 bits per heavy atom. The Labute approximate surface area is 180 Å². The highest BCUT2D eigenvalue weighted by atomic mass is 32.2. The highest BCUT2D eigenvalue weighted by Gasteiger charge is 2.17. The monoisotopic (exact) mass is 439 g/mol. The summed E-state index contributed by atoms with van der Waals surface area (Å²) in [4.78, 5) is 32.1. The molecule has 2 aromatic carbocycles. The molecule has 0 radical (unpaired) electrons. The summed E-state index contributed by atoms with van der Waals surface area (Å²) in [7, 11) is 0. The van der Waals surface area contributed by atoms with E-state index in [1.165, 1.54) is 47.4 Å². The van der Waals surface area contributed by atoms with E-state index in [0.29, 0.717) is 26.7 Å². The van der Waals surface area contributed by atoms with Crippen LogP contribution in [0, 0.1) is 5.82 Å². The molecule has 5 nitrogen and oxygen atoms in total. The minimum Gasteiger partial charge on any atom is -0.325 e. The Kier molecular flexibility index (Phi) is 5.96. The second-order valence-corrected chi connectivity index (χ2v) is 8.56. The number of benzene rings is 2. The van der Waals surface area contributed by atoms with E-state index >= 15 is 0 Å². The number of hydrogen-bond acceptors (Lipinski definition) is 5. The molecule has 8 heteroatoms. The first-order chi connectivity index (χ1) is 14.5. The summed E-state index contributed by atoms with van der Waals surface area (Å²) in [6, 6.07) is 16.7. The molecule has 0 saturated carbocycles. The number of para-hydroxylation sites is 1. The van der Waals surface area contributed by atoms with Crippen molar-refractivity contribution in [3.8, 4) is 5.69 Å². The number of thioether (sulfide) groups is 1. The number of fused-ring (bicyclic) bond motifs is 1. The third-order valence-electron chi connectivity index (χ3n) is 4.41. The van der Waals surface area contributed by atoms with E-state index in [0.717, 1.165) is 11.3 Å². The van der Waals surface area contributed by atoms with Crippen molar-refractivity contribution in [1.82, 2.24) is 9.55 Å². The Hall–Kier alpha value is -2.97. The van der Waals surface area contributed by atoms with Gasteiger partial charge < -0.3 is 5.32 Å². The number of rotatable bonds is 6. The molecule has 1 amide bonds. The molecule has 0 atom stereocenters. The maximum Gasteiger partial charge on any atom is 0.267 e. The molecule has 0 aliphatic rings. The summed E-state index contributed by atoms with van der Waals surface area (Å²) in [6.07, 6.45) is 0.828. The van der Waals surface area contributed by atoms with Crippen molar-refractivity contribution in [3.63, 3.8) is 0 Å². The van der Waals surface area contributed by atoms with Gasteiger partial charge in [-0.3, -0.25) is 14.2 Å². The molecule has 2 heterocycles. The van der Waals surface area contributed by atoms with Crippen LogP contribution in [-0.4, -0.2) is 21.2 Å². The molecular weight excluding hydrogens is 421 g/mol. The van der Waals surface area contributed by atoms with Gasteiger partial charge in [-0.2, -0.15) is 0 Å². The Balaban J connectivity index is 1.65. The first kappa shape index (κ1) is 20.3. The Morgan fingerprint density at radius 3 is 2.60 bits per heavy atom. The molecule has 30 heavy (non-hydrogen) atoms. The lowest BCUT2D eigenvalue weighted by Gasteiger charge is -2.12. The fourth-order valence-electron chi connectivity index (χ4n) is 2.95. The number of aromatic nitrogens is 2. The third-order valence-corrected chi connectivity index (χ3v) is 6.52. The summed E-state index contributed by atoms with van der Waals surface area (Å²) < 4.78 is 14.6. The number of hydrogen-bond donors (Lipinski definition) is 1. The van der Waals surface area contributed by atoms with Crippen molar-refractivity contribution in [3.05, 3.63) is 81.7 Å². The molecule has 0 fully saturated rings. The minimum absolute atomic E-state index is 0.0637. The number of nitrogens with one attached hydrogen (secondary N) is 1. The Morgan fingerprint density at radius 2 is 1.90 bits per heavy atom. The topological polar surface area (TPSA) is 64.0 Å². The van der Waals surface area contributed by atoms with Gasteiger partial charge in [0.1, 0.15) is 10.6 Å². The van der Waals surface area contributed by atoms with Crippen molar-refractivity contribution >= 4 is 44.9 Å². The zero-order valence-corrected chi connectivity index (χ0v) is 17.7. The maximum atomic E-state index is 13.2. The number of carbonyl (C=O) groups is 1. The van der Waals surface area contributed by atoms with Gasteiger partial charge in [0.15, 0.2) is 5.16 Å². The largest absolute Gasteiger partial charge is 0.325 e. The van der Waals surface area contributed by atoms with Crippen molar-refractivity contribution in [2.45, 2.75) is 18.5 Å². The molecule has 0 aliphatic heterocycles. The van der Waals surface area contributed by atoms with E-state index in [4.69, 9.17) is 0 Å². The van der Waals surface area contributed by atoms with Crippen LogP contribution >= 0.6 is 23.1 Å². The maximum absolute atomic E-state index is 13.2. The number of halogens is 1. The van der Waals surface area contributed by atoms with Gasteiger partial charge in [0.2, 0.25) is 5.91 Å². The van der Waals surface area contributed by atoms with Gasteiger partial charge in [-0.25, -0.2) is 9.37 Å². The van der Waals surface area contributed by atoms with Gasteiger partial charge in [-0.05, 0) is 48.9 Å². The molecule has 2 aromatic heterocycles. The normalized spacial score (nSPS) is 11.0. The van der Waals surface area contributed by atoms with E-state index in [1.54, 1.807) is 4.57 Å². The van der Waals surface area contributed by atoms with Crippen LogP contribution in [0.4, 0.5) is 10.1 Å². The number of anilines is 1. The summed E-state index contributed by atoms with van der Waals surface area (Å²) in [5.41, 5.74) is 1.06. The van der Waals surface area contributed by atoms with Crippen LogP contribution in [0.1, 0.15) is 11.8 Å². The number of carbonyl (C=O) groups excluding carboxylic acids is 1. The second kappa shape index (κ2) is 8.81. The predicted octanol–water partition coefficient (Wildman–Crippen LogP) is 4.88. The molecule has 0 bridgehead atoms. The van der Waals surface area contributed by atoms with E-state index in [1.807, 2.05) is 43.3 Å². The fourth-order valence-corrected chi connectivity index (χ4v) is 4.77. The van der Waals surface area contributed by atoms with Gasteiger partial charge in [0.05, 0.1) is 16.8 Å². The van der Waals surface area contributed by atoms with Crippen molar-refractivity contribution < 1.29 is 9.18 Å². The summed E-state index contributed by atoms with van der Waals surface area (Å²) >= 11 is 2.68.